The quantitative estimate of drug-likeness (QED) is 0.513. The molecule has 0 amide bonds. The predicted octanol–water partition coefficient (Wildman–Crippen LogP) is 6.23. The molecule has 0 spiro atoms. The van der Waals surface area contributed by atoms with E-state index in [-0.39, 0.29) is 0 Å². The van der Waals surface area contributed by atoms with Crippen LogP contribution >= 0.6 is 43.2 Å². The summed E-state index contributed by atoms with van der Waals surface area (Å²) < 4.78 is 1.25. The van der Waals surface area contributed by atoms with Gasteiger partial charge in [0.15, 0.2) is 0 Å². The fourth-order valence-electron chi connectivity index (χ4n) is 3.96. The number of benzene rings is 1. The number of halogens is 2. The lowest BCUT2D eigenvalue weighted by molar-refractivity contribution is 0.627. The van der Waals surface area contributed by atoms with Gasteiger partial charge in [-0.25, -0.2) is 0 Å². The summed E-state index contributed by atoms with van der Waals surface area (Å²) >= 11 is 9.47. The molecule has 2 aromatic rings. The molecule has 4 atom stereocenters. The minimum Gasteiger partial charge on any atom is -0.133 e. The zero-order chi connectivity index (χ0) is 13.9. The lowest BCUT2D eigenvalue weighted by atomic mass is 9.92. The molecular weight excluding hydrogens is 396 g/mol. The summed E-state index contributed by atoms with van der Waals surface area (Å²) in [4.78, 5) is 1.95. The highest BCUT2D eigenvalue weighted by molar-refractivity contribution is 9.11. The zero-order valence-electron chi connectivity index (χ0n) is 11.3. The van der Waals surface area contributed by atoms with Crippen molar-refractivity contribution in [2.75, 3.05) is 0 Å². The Bertz CT molecular complexity index is 661. The van der Waals surface area contributed by atoms with Crippen LogP contribution < -0.4 is 0 Å². The van der Waals surface area contributed by atoms with E-state index in [1.165, 1.54) is 27.1 Å². The molecule has 3 heteroatoms. The fourth-order valence-corrected chi connectivity index (χ4v) is 7.06. The largest absolute Gasteiger partial charge is 0.133 e. The van der Waals surface area contributed by atoms with E-state index in [1.54, 1.807) is 11.1 Å². The van der Waals surface area contributed by atoms with Crippen molar-refractivity contribution in [3.63, 3.8) is 0 Å². The highest BCUT2D eigenvalue weighted by Gasteiger charge is 2.56. The summed E-state index contributed by atoms with van der Waals surface area (Å²) in [6, 6.07) is 11.4. The van der Waals surface area contributed by atoms with Crippen LogP contribution in [0.3, 0.4) is 0 Å². The van der Waals surface area contributed by atoms with Gasteiger partial charge in [-0.05, 0) is 76.2 Å². The Morgan fingerprint density at radius 3 is 2.85 bits per heavy atom. The number of hydrogen-bond donors (Lipinski definition) is 0. The van der Waals surface area contributed by atoms with Gasteiger partial charge in [-0.15, -0.1) is 11.3 Å². The van der Waals surface area contributed by atoms with Crippen LogP contribution in [0.1, 0.15) is 38.7 Å². The van der Waals surface area contributed by atoms with Gasteiger partial charge in [0.2, 0.25) is 0 Å². The number of aryl methyl sites for hydroxylation is 2. The first-order valence-corrected chi connectivity index (χ1v) is 9.67. The Balaban J connectivity index is 1.65. The van der Waals surface area contributed by atoms with Crippen LogP contribution in [-0.2, 0) is 6.42 Å². The molecule has 4 unspecified atom stereocenters. The third-order valence-electron chi connectivity index (χ3n) is 4.95. The lowest BCUT2D eigenvalue weighted by Gasteiger charge is -2.13. The SMILES string of the molecule is Cc1sc(Br)cc1C(Br)C1C2CCc3ccccc3C21. The van der Waals surface area contributed by atoms with Gasteiger partial charge in [-0.2, -0.15) is 0 Å². The van der Waals surface area contributed by atoms with E-state index in [2.05, 4.69) is 69.1 Å². The molecule has 20 heavy (non-hydrogen) atoms. The molecule has 1 saturated carbocycles. The molecule has 0 radical (unpaired) electrons. The predicted molar refractivity (Wildman–Crippen MR) is 92.9 cm³/mol. The molecule has 1 aromatic carbocycles. The second-order valence-corrected chi connectivity index (χ2v) is 9.59. The number of rotatable bonds is 2. The van der Waals surface area contributed by atoms with Gasteiger partial charge < -0.3 is 0 Å². The Morgan fingerprint density at radius 1 is 1.30 bits per heavy atom. The van der Waals surface area contributed by atoms with Gasteiger partial charge in [0, 0.05) is 9.70 Å². The number of fused-ring (bicyclic) bond motifs is 3. The highest BCUT2D eigenvalue weighted by Crippen LogP contribution is 2.66. The Morgan fingerprint density at radius 2 is 2.10 bits per heavy atom. The summed E-state index contributed by atoms with van der Waals surface area (Å²) in [7, 11) is 0. The molecule has 4 rings (SSSR count). The molecule has 0 saturated heterocycles. The van der Waals surface area contributed by atoms with Gasteiger partial charge >= 0.3 is 0 Å². The minimum absolute atomic E-state index is 0.506. The molecular formula is C17H16Br2S. The first-order valence-electron chi connectivity index (χ1n) is 7.14. The van der Waals surface area contributed by atoms with E-state index in [0.29, 0.717) is 4.83 Å². The van der Waals surface area contributed by atoms with E-state index in [0.717, 1.165) is 17.8 Å². The van der Waals surface area contributed by atoms with Gasteiger partial charge in [0.25, 0.3) is 0 Å². The van der Waals surface area contributed by atoms with Crippen LogP contribution in [0.4, 0.5) is 0 Å². The highest BCUT2D eigenvalue weighted by atomic mass is 79.9. The maximum Gasteiger partial charge on any atom is 0.0704 e. The Kier molecular flexibility index (Phi) is 3.36. The fraction of sp³-hybridized carbons (Fsp3) is 0.412. The average Bonchev–Trinajstić information content (AvgIpc) is 3.09. The lowest BCUT2D eigenvalue weighted by Crippen LogP contribution is -2.00. The first-order chi connectivity index (χ1) is 9.66. The van der Waals surface area contributed by atoms with Crippen LogP contribution in [0.2, 0.25) is 0 Å². The monoisotopic (exact) mass is 410 g/mol. The number of thiophene rings is 1. The van der Waals surface area contributed by atoms with Crippen molar-refractivity contribution in [2.45, 2.75) is 30.5 Å². The third kappa shape index (κ3) is 2.05. The maximum absolute atomic E-state index is 4.00. The summed E-state index contributed by atoms with van der Waals surface area (Å²) in [5.41, 5.74) is 4.68. The molecule has 1 fully saturated rings. The van der Waals surface area contributed by atoms with Crippen molar-refractivity contribution < 1.29 is 0 Å². The topological polar surface area (TPSA) is 0 Å². The Labute approximate surface area is 140 Å². The maximum atomic E-state index is 4.00. The molecule has 104 valence electrons. The first kappa shape index (κ1) is 13.5. The molecule has 0 aliphatic heterocycles. The molecule has 0 nitrogen and oxygen atoms in total. The number of alkyl halides is 1. The second-order valence-electron chi connectivity index (χ2n) is 5.97. The normalized spacial score (nSPS) is 28.6. The molecule has 0 bridgehead atoms. The molecule has 2 aliphatic carbocycles. The van der Waals surface area contributed by atoms with Crippen LogP contribution in [0, 0.1) is 18.8 Å². The standard InChI is InChI=1S/C17H16Br2S/c1-9-13(8-14(18)20-9)17(19)16-12-7-6-10-4-2-3-5-11(10)15(12)16/h2-5,8,12,15-17H,6-7H2,1H3. The van der Waals surface area contributed by atoms with Crippen molar-refractivity contribution in [3.8, 4) is 0 Å². The number of hydrogen-bond acceptors (Lipinski definition) is 1. The van der Waals surface area contributed by atoms with Crippen LogP contribution in [0.15, 0.2) is 34.1 Å². The van der Waals surface area contributed by atoms with E-state index in [9.17, 15) is 0 Å². The van der Waals surface area contributed by atoms with Crippen LogP contribution in [0.25, 0.3) is 0 Å². The molecule has 1 aromatic heterocycles. The summed E-state index contributed by atoms with van der Waals surface area (Å²) in [5, 5.41) is 0. The van der Waals surface area contributed by atoms with Gasteiger partial charge in [0.05, 0.1) is 3.79 Å². The molecule has 2 aliphatic rings. The van der Waals surface area contributed by atoms with Crippen molar-refractivity contribution >= 4 is 43.2 Å². The smallest absolute Gasteiger partial charge is 0.0704 e. The summed E-state index contributed by atoms with van der Waals surface area (Å²) in [5.74, 6) is 2.44. The molecule has 1 heterocycles. The van der Waals surface area contributed by atoms with Crippen molar-refractivity contribution in [3.05, 3.63) is 55.7 Å². The Hall–Kier alpha value is -0.120. The van der Waals surface area contributed by atoms with E-state index >= 15 is 0 Å². The third-order valence-corrected chi connectivity index (χ3v) is 7.62. The van der Waals surface area contributed by atoms with Gasteiger partial charge in [0.1, 0.15) is 0 Å². The zero-order valence-corrected chi connectivity index (χ0v) is 15.3. The second kappa shape index (κ2) is 4.96. The van der Waals surface area contributed by atoms with Gasteiger partial charge in [-0.3, -0.25) is 0 Å². The van der Waals surface area contributed by atoms with Crippen LogP contribution in [-0.4, -0.2) is 0 Å². The van der Waals surface area contributed by atoms with Crippen molar-refractivity contribution in [1.82, 2.24) is 0 Å². The van der Waals surface area contributed by atoms with Crippen molar-refractivity contribution in [2.24, 2.45) is 11.8 Å². The summed E-state index contributed by atoms with van der Waals surface area (Å²) in [6.07, 6.45) is 2.62. The summed E-state index contributed by atoms with van der Waals surface area (Å²) in [6.45, 7) is 2.24. The van der Waals surface area contributed by atoms with Crippen molar-refractivity contribution in [1.29, 1.82) is 0 Å². The van der Waals surface area contributed by atoms with E-state index in [1.807, 2.05) is 11.3 Å². The molecule has 0 N–H and O–H groups in total. The van der Waals surface area contributed by atoms with Crippen LogP contribution in [0.5, 0.6) is 0 Å². The van der Waals surface area contributed by atoms with E-state index in [4.69, 9.17) is 0 Å². The van der Waals surface area contributed by atoms with Gasteiger partial charge in [-0.1, -0.05) is 40.2 Å². The average molecular weight is 412 g/mol. The minimum atomic E-state index is 0.506. The van der Waals surface area contributed by atoms with E-state index < -0.39 is 0 Å².